The molecular weight excluding hydrogens is 400 g/mol. The van der Waals surface area contributed by atoms with E-state index in [1.54, 1.807) is 12.7 Å². The largest absolute Gasteiger partial charge is 0.396 e. The summed E-state index contributed by atoms with van der Waals surface area (Å²) in [5, 5.41) is 9.32. The minimum atomic E-state index is 0.217. The topological polar surface area (TPSA) is 47.9 Å². The zero-order valence-electron chi connectivity index (χ0n) is 21.1. The van der Waals surface area contributed by atoms with Gasteiger partial charge in [0.15, 0.2) is 0 Å². The molecule has 1 N–H and O–H groups in total. The Labute approximate surface area is 196 Å². The minimum absolute atomic E-state index is 0.217. The van der Waals surface area contributed by atoms with E-state index in [0.29, 0.717) is 37.4 Å². The van der Waals surface area contributed by atoms with Gasteiger partial charge in [-0.05, 0) is 105 Å². The summed E-state index contributed by atoms with van der Waals surface area (Å²) >= 11 is 0. The molecule has 4 aliphatic carbocycles. The van der Waals surface area contributed by atoms with Gasteiger partial charge in [0, 0.05) is 13.7 Å². The number of allylic oxidation sites excluding steroid dienone is 1. The van der Waals surface area contributed by atoms with Crippen LogP contribution in [0.1, 0.15) is 85.0 Å². The first kappa shape index (κ1) is 24.7. The highest BCUT2D eigenvalue weighted by molar-refractivity contribution is 5.25. The van der Waals surface area contributed by atoms with E-state index < -0.39 is 0 Å². The lowest BCUT2D eigenvalue weighted by molar-refractivity contribution is -0.0997. The van der Waals surface area contributed by atoms with Crippen LogP contribution in [0.3, 0.4) is 0 Å². The van der Waals surface area contributed by atoms with Crippen LogP contribution in [0.25, 0.3) is 0 Å². The molecule has 8 atom stereocenters. The Morgan fingerprint density at radius 2 is 1.91 bits per heavy atom. The van der Waals surface area contributed by atoms with E-state index in [2.05, 4.69) is 26.8 Å². The van der Waals surface area contributed by atoms with E-state index in [-0.39, 0.29) is 6.10 Å². The predicted molar refractivity (Wildman–Crippen MR) is 128 cm³/mol. The Morgan fingerprint density at radius 1 is 1.06 bits per heavy atom. The molecule has 0 radical (unpaired) electrons. The SMILES string of the molecule is COCCOCO[C@@H]1C=C2CC[C@H]3[C@@H]4CC[C@H]([C@H](C)CCCO)[C@@]4(C)CC[C@@H]3[C@@]2(C)CC1. The summed E-state index contributed by atoms with van der Waals surface area (Å²) in [6, 6.07) is 0. The number of hydrogen-bond donors (Lipinski definition) is 1. The number of hydrogen-bond acceptors (Lipinski definition) is 4. The number of ether oxygens (including phenoxy) is 3. The lowest BCUT2D eigenvalue weighted by Gasteiger charge is -2.59. The van der Waals surface area contributed by atoms with Gasteiger partial charge in [0.1, 0.15) is 6.79 Å². The summed E-state index contributed by atoms with van der Waals surface area (Å²) in [7, 11) is 1.70. The highest BCUT2D eigenvalue weighted by atomic mass is 16.7. The second-order valence-corrected chi connectivity index (χ2v) is 11.9. The standard InChI is InChI=1S/C28H48O4/c1-20(6-5-15-29)24-9-10-25-23-8-7-21-18-22(32-19-31-17-16-30-4)11-13-27(21,2)26(23)12-14-28(24,25)3/h18,20,22-26,29H,5-17,19H2,1-4H3/t20-,22+,23+,24-,25+,26+,27+,28-/m1/s1. The maximum Gasteiger partial charge on any atom is 0.147 e. The van der Waals surface area contributed by atoms with Crippen molar-refractivity contribution in [2.24, 2.45) is 40.4 Å². The van der Waals surface area contributed by atoms with Crippen molar-refractivity contribution in [3.63, 3.8) is 0 Å². The molecule has 0 spiro atoms. The molecule has 3 saturated carbocycles. The fraction of sp³-hybridized carbons (Fsp3) is 0.929. The van der Waals surface area contributed by atoms with Crippen LogP contribution in [0.2, 0.25) is 0 Å². The highest BCUT2D eigenvalue weighted by Crippen LogP contribution is 2.67. The third-order valence-electron chi connectivity index (χ3n) is 10.4. The van der Waals surface area contributed by atoms with Crippen LogP contribution in [0.15, 0.2) is 11.6 Å². The van der Waals surface area contributed by atoms with Gasteiger partial charge in [-0.3, -0.25) is 0 Å². The summed E-state index contributed by atoms with van der Waals surface area (Å²) in [6.07, 6.45) is 15.5. The molecule has 4 heteroatoms. The molecule has 3 fully saturated rings. The van der Waals surface area contributed by atoms with Gasteiger partial charge in [0.25, 0.3) is 0 Å². The average Bonchev–Trinajstić information content (AvgIpc) is 3.14. The Balaban J connectivity index is 1.41. The average molecular weight is 449 g/mol. The molecule has 184 valence electrons. The molecule has 4 nitrogen and oxygen atoms in total. The number of aliphatic hydroxyl groups is 1. The molecular formula is C28H48O4. The molecule has 0 bridgehead atoms. The van der Waals surface area contributed by atoms with E-state index in [9.17, 15) is 5.11 Å². The maximum absolute atomic E-state index is 9.32. The Hall–Kier alpha value is -0.420. The van der Waals surface area contributed by atoms with Gasteiger partial charge in [-0.1, -0.05) is 32.4 Å². The smallest absolute Gasteiger partial charge is 0.147 e. The van der Waals surface area contributed by atoms with E-state index in [4.69, 9.17) is 14.2 Å². The van der Waals surface area contributed by atoms with Crippen molar-refractivity contribution in [3.8, 4) is 0 Å². The van der Waals surface area contributed by atoms with Crippen LogP contribution >= 0.6 is 0 Å². The molecule has 0 aromatic heterocycles. The Kier molecular flexibility index (Phi) is 8.07. The fourth-order valence-corrected chi connectivity index (χ4v) is 8.75. The third-order valence-corrected chi connectivity index (χ3v) is 10.4. The Morgan fingerprint density at radius 3 is 2.69 bits per heavy atom. The van der Waals surface area contributed by atoms with E-state index in [1.807, 2.05) is 0 Å². The first-order valence-corrected chi connectivity index (χ1v) is 13.4. The normalized spacial score (nSPS) is 42.0. The number of aliphatic hydroxyl groups excluding tert-OH is 1. The molecule has 0 amide bonds. The van der Waals surface area contributed by atoms with Gasteiger partial charge < -0.3 is 19.3 Å². The van der Waals surface area contributed by atoms with Crippen LogP contribution in [0.4, 0.5) is 0 Å². The summed E-state index contributed by atoms with van der Waals surface area (Å²) in [5.74, 6) is 4.27. The monoisotopic (exact) mass is 448 g/mol. The van der Waals surface area contributed by atoms with Crippen LogP contribution in [0.5, 0.6) is 0 Å². The quantitative estimate of drug-likeness (QED) is 0.254. The lowest BCUT2D eigenvalue weighted by Crippen LogP contribution is -2.51. The summed E-state index contributed by atoms with van der Waals surface area (Å²) < 4.78 is 16.6. The molecule has 0 heterocycles. The zero-order valence-corrected chi connectivity index (χ0v) is 21.1. The van der Waals surface area contributed by atoms with Gasteiger partial charge in [0.2, 0.25) is 0 Å². The second-order valence-electron chi connectivity index (χ2n) is 11.9. The molecule has 0 aliphatic heterocycles. The number of rotatable bonds is 10. The Bertz CT molecular complexity index is 647. The molecule has 0 aromatic rings. The van der Waals surface area contributed by atoms with Crippen molar-refractivity contribution < 1.29 is 19.3 Å². The van der Waals surface area contributed by atoms with Gasteiger partial charge >= 0.3 is 0 Å². The molecule has 0 saturated heterocycles. The predicted octanol–water partition coefficient (Wildman–Crippen LogP) is 5.98. The van der Waals surface area contributed by atoms with E-state index in [0.717, 1.165) is 42.4 Å². The van der Waals surface area contributed by atoms with E-state index in [1.165, 1.54) is 51.4 Å². The van der Waals surface area contributed by atoms with Crippen molar-refractivity contribution in [2.45, 2.75) is 91.1 Å². The maximum atomic E-state index is 9.32. The second kappa shape index (κ2) is 10.5. The molecule has 0 unspecified atom stereocenters. The molecule has 0 aromatic carbocycles. The fourth-order valence-electron chi connectivity index (χ4n) is 8.75. The van der Waals surface area contributed by atoms with Crippen molar-refractivity contribution in [1.29, 1.82) is 0 Å². The van der Waals surface area contributed by atoms with Crippen molar-refractivity contribution in [3.05, 3.63) is 11.6 Å². The van der Waals surface area contributed by atoms with Crippen LogP contribution in [-0.2, 0) is 14.2 Å². The summed E-state index contributed by atoms with van der Waals surface area (Å²) in [4.78, 5) is 0. The third kappa shape index (κ3) is 4.59. The zero-order chi connectivity index (χ0) is 22.8. The van der Waals surface area contributed by atoms with Crippen LogP contribution < -0.4 is 0 Å². The highest BCUT2D eigenvalue weighted by Gasteiger charge is 2.59. The van der Waals surface area contributed by atoms with Gasteiger partial charge in [-0.2, -0.15) is 0 Å². The van der Waals surface area contributed by atoms with Crippen LogP contribution in [0, 0.1) is 40.4 Å². The van der Waals surface area contributed by atoms with Gasteiger partial charge in [-0.25, -0.2) is 0 Å². The summed E-state index contributed by atoms with van der Waals surface area (Å²) in [6.45, 7) is 9.63. The van der Waals surface area contributed by atoms with Crippen molar-refractivity contribution in [2.75, 3.05) is 33.7 Å². The van der Waals surface area contributed by atoms with Crippen LogP contribution in [-0.4, -0.2) is 44.9 Å². The summed E-state index contributed by atoms with van der Waals surface area (Å²) in [5.41, 5.74) is 2.58. The lowest BCUT2D eigenvalue weighted by atomic mass is 9.46. The van der Waals surface area contributed by atoms with Gasteiger partial charge in [-0.15, -0.1) is 0 Å². The van der Waals surface area contributed by atoms with Crippen molar-refractivity contribution >= 4 is 0 Å². The van der Waals surface area contributed by atoms with E-state index >= 15 is 0 Å². The minimum Gasteiger partial charge on any atom is -0.396 e. The van der Waals surface area contributed by atoms with Gasteiger partial charge in [0.05, 0.1) is 19.3 Å². The van der Waals surface area contributed by atoms with Crippen molar-refractivity contribution in [1.82, 2.24) is 0 Å². The molecule has 4 aliphatic rings. The first-order chi connectivity index (χ1) is 15.4. The molecule has 4 rings (SSSR count). The molecule has 32 heavy (non-hydrogen) atoms. The number of fused-ring (bicyclic) bond motifs is 5. The number of methoxy groups -OCH3 is 1. The first-order valence-electron chi connectivity index (χ1n) is 13.4.